The van der Waals surface area contributed by atoms with E-state index in [1.54, 1.807) is 17.0 Å². The number of piperazine rings is 1. The number of hydrogen-bond acceptors (Lipinski definition) is 7. The van der Waals surface area contributed by atoms with Crippen LogP contribution in [-0.2, 0) is 20.7 Å². The van der Waals surface area contributed by atoms with Crippen molar-refractivity contribution in [1.82, 2.24) is 9.80 Å². The predicted molar refractivity (Wildman–Crippen MR) is 99.0 cm³/mol. The van der Waals surface area contributed by atoms with Gasteiger partial charge in [-0.1, -0.05) is 12.1 Å². The number of nitro benzene ring substituents is 1. The zero-order chi connectivity index (χ0) is 20.8. The Morgan fingerprint density at radius 3 is 2.28 bits per heavy atom. The monoisotopic (exact) mass is 401 g/mol. The van der Waals surface area contributed by atoms with Gasteiger partial charge in [-0.2, -0.15) is 0 Å². The van der Waals surface area contributed by atoms with Crippen molar-refractivity contribution in [2.75, 3.05) is 32.8 Å². The molecule has 1 aromatic heterocycles. The Labute approximate surface area is 165 Å². The molecule has 0 atom stereocenters. The molecule has 1 aromatic carbocycles. The molecule has 10 heteroatoms. The zero-order valence-corrected chi connectivity index (χ0v) is 15.5. The first-order valence-corrected chi connectivity index (χ1v) is 8.93. The summed E-state index contributed by atoms with van der Waals surface area (Å²) in [5.41, 5.74) is 0.486. The summed E-state index contributed by atoms with van der Waals surface area (Å²) in [4.78, 5) is 49.6. The second-order valence-electron chi connectivity index (χ2n) is 6.41. The van der Waals surface area contributed by atoms with Gasteiger partial charge in [-0.15, -0.1) is 0 Å². The summed E-state index contributed by atoms with van der Waals surface area (Å²) in [6.07, 6.45) is 1.34. The first-order chi connectivity index (χ1) is 13.9. The van der Waals surface area contributed by atoms with Crippen LogP contribution in [0.15, 0.2) is 47.1 Å². The lowest BCUT2D eigenvalue weighted by molar-refractivity contribution is -0.384. The highest BCUT2D eigenvalue weighted by molar-refractivity contribution is 5.91. The second kappa shape index (κ2) is 9.00. The molecule has 0 unspecified atom stereocenters. The topological polar surface area (TPSA) is 123 Å². The highest BCUT2D eigenvalue weighted by atomic mass is 16.6. The van der Waals surface area contributed by atoms with Gasteiger partial charge < -0.3 is 19.0 Å². The molecule has 2 aromatic rings. The van der Waals surface area contributed by atoms with Crippen LogP contribution in [0.4, 0.5) is 5.69 Å². The maximum absolute atomic E-state index is 12.2. The lowest BCUT2D eigenvalue weighted by Crippen LogP contribution is -2.51. The van der Waals surface area contributed by atoms with E-state index >= 15 is 0 Å². The standard InChI is InChI=1S/C19H19N3O7/c23-17(13-29-18(24)12-14-3-5-15(6-4-14)22(26)27)20-7-9-21(10-8-20)19(25)16-2-1-11-28-16/h1-6,11H,7-10,12-13H2. The number of nitro groups is 1. The summed E-state index contributed by atoms with van der Waals surface area (Å²) in [5, 5.41) is 10.6. The summed E-state index contributed by atoms with van der Waals surface area (Å²) in [6, 6.07) is 8.77. The Morgan fingerprint density at radius 2 is 1.69 bits per heavy atom. The smallest absolute Gasteiger partial charge is 0.310 e. The molecule has 0 saturated carbocycles. The predicted octanol–water partition coefficient (Wildman–Crippen LogP) is 1.26. The van der Waals surface area contributed by atoms with E-state index < -0.39 is 17.5 Å². The number of hydrogen-bond donors (Lipinski definition) is 0. The van der Waals surface area contributed by atoms with Gasteiger partial charge in [0.2, 0.25) is 0 Å². The maximum Gasteiger partial charge on any atom is 0.310 e. The van der Waals surface area contributed by atoms with E-state index in [9.17, 15) is 24.5 Å². The van der Waals surface area contributed by atoms with Gasteiger partial charge in [-0.25, -0.2) is 0 Å². The number of rotatable bonds is 6. The average Bonchev–Trinajstić information content (AvgIpc) is 3.27. The number of non-ortho nitro benzene ring substituents is 1. The third kappa shape index (κ3) is 5.18. The molecule has 1 aliphatic heterocycles. The van der Waals surface area contributed by atoms with Crippen LogP contribution >= 0.6 is 0 Å². The van der Waals surface area contributed by atoms with Gasteiger partial charge in [0.15, 0.2) is 12.4 Å². The Bertz CT molecular complexity index is 885. The summed E-state index contributed by atoms with van der Waals surface area (Å²) in [7, 11) is 0. The minimum absolute atomic E-state index is 0.0676. The molecule has 10 nitrogen and oxygen atoms in total. The van der Waals surface area contributed by atoms with E-state index in [4.69, 9.17) is 9.15 Å². The highest BCUT2D eigenvalue weighted by Crippen LogP contribution is 2.13. The molecule has 1 saturated heterocycles. The van der Waals surface area contributed by atoms with Gasteiger partial charge >= 0.3 is 5.97 Å². The number of ether oxygens (including phenoxy) is 1. The van der Waals surface area contributed by atoms with Crippen molar-refractivity contribution in [2.45, 2.75) is 6.42 Å². The quantitative estimate of drug-likeness (QED) is 0.405. The SMILES string of the molecule is O=C(Cc1ccc([N+](=O)[O-])cc1)OCC(=O)N1CCN(C(=O)c2ccco2)CC1. The third-order valence-electron chi connectivity index (χ3n) is 4.50. The van der Waals surface area contributed by atoms with Crippen LogP contribution in [0.5, 0.6) is 0 Å². The molecule has 2 heterocycles. The fraction of sp³-hybridized carbons (Fsp3) is 0.316. The van der Waals surface area contributed by atoms with Crippen molar-refractivity contribution in [3.8, 4) is 0 Å². The first-order valence-electron chi connectivity index (χ1n) is 8.93. The van der Waals surface area contributed by atoms with Crippen molar-refractivity contribution >= 4 is 23.5 Å². The van der Waals surface area contributed by atoms with E-state index in [0.29, 0.717) is 31.7 Å². The molecule has 3 rings (SSSR count). The van der Waals surface area contributed by atoms with E-state index in [-0.39, 0.29) is 29.7 Å². The largest absolute Gasteiger partial charge is 0.459 e. The van der Waals surface area contributed by atoms with E-state index in [1.165, 1.54) is 35.4 Å². The fourth-order valence-corrected chi connectivity index (χ4v) is 2.90. The molecular weight excluding hydrogens is 382 g/mol. The molecule has 0 aliphatic carbocycles. The first kappa shape index (κ1) is 20.1. The van der Waals surface area contributed by atoms with Gasteiger partial charge in [0.05, 0.1) is 17.6 Å². The molecular formula is C19H19N3O7. The Hall–Kier alpha value is -3.69. The van der Waals surface area contributed by atoms with Crippen LogP contribution in [0.25, 0.3) is 0 Å². The van der Waals surface area contributed by atoms with Crippen LogP contribution in [0, 0.1) is 10.1 Å². The van der Waals surface area contributed by atoms with Crippen molar-refractivity contribution in [2.24, 2.45) is 0 Å². The van der Waals surface area contributed by atoms with Gasteiger partial charge in [0, 0.05) is 38.3 Å². The zero-order valence-electron chi connectivity index (χ0n) is 15.5. The van der Waals surface area contributed by atoms with Crippen molar-refractivity contribution in [3.05, 3.63) is 64.1 Å². The normalized spacial score (nSPS) is 13.8. The third-order valence-corrected chi connectivity index (χ3v) is 4.50. The van der Waals surface area contributed by atoms with Crippen molar-refractivity contribution < 1.29 is 28.5 Å². The maximum atomic E-state index is 12.2. The Kier molecular flexibility index (Phi) is 6.22. The fourth-order valence-electron chi connectivity index (χ4n) is 2.90. The minimum atomic E-state index is -0.598. The molecule has 0 spiro atoms. The molecule has 29 heavy (non-hydrogen) atoms. The Balaban J connectivity index is 1.41. The van der Waals surface area contributed by atoms with Crippen molar-refractivity contribution in [1.29, 1.82) is 0 Å². The number of carbonyl (C=O) groups is 3. The van der Waals surface area contributed by atoms with E-state index in [1.807, 2.05) is 0 Å². The molecule has 0 bridgehead atoms. The van der Waals surface area contributed by atoms with E-state index in [0.717, 1.165) is 0 Å². The number of esters is 1. The number of furan rings is 1. The van der Waals surface area contributed by atoms with Gasteiger partial charge in [0.1, 0.15) is 0 Å². The number of benzene rings is 1. The molecule has 2 amide bonds. The number of carbonyl (C=O) groups excluding carboxylic acids is 3. The number of amides is 2. The summed E-state index contributed by atoms with van der Waals surface area (Å²) >= 11 is 0. The molecule has 1 fully saturated rings. The highest BCUT2D eigenvalue weighted by Gasteiger charge is 2.26. The van der Waals surface area contributed by atoms with Crippen LogP contribution in [0.3, 0.4) is 0 Å². The molecule has 1 aliphatic rings. The van der Waals surface area contributed by atoms with Crippen LogP contribution in [-0.4, -0.2) is 65.3 Å². The second-order valence-corrected chi connectivity index (χ2v) is 6.41. The van der Waals surface area contributed by atoms with Gasteiger partial charge in [0.25, 0.3) is 17.5 Å². The summed E-state index contributed by atoms with van der Waals surface area (Å²) in [5.74, 6) is -0.910. The van der Waals surface area contributed by atoms with Crippen LogP contribution in [0.1, 0.15) is 16.1 Å². The molecule has 152 valence electrons. The summed E-state index contributed by atoms with van der Waals surface area (Å²) < 4.78 is 10.1. The van der Waals surface area contributed by atoms with Crippen LogP contribution in [0.2, 0.25) is 0 Å². The summed E-state index contributed by atoms with van der Waals surface area (Å²) in [6.45, 7) is 1.01. The minimum Gasteiger partial charge on any atom is -0.459 e. The van der Waals surface area contributed by atoms with Gasteiger partial charge in [-0.3, -0.25) is 24.5 Å². The van der Waals surface area contributed by atoms with E-state index in [2.05, 4.69) is 0 Å². The lowest BCUT2D eigenvalue weighted by Gasteiger charge is -2.34. The number of nitrogens with zero attached hydrogens (tertiary/aromatic N) is 3. The lowest BCUT2D eigenvalue weighted by atomic mass is 10.1. The molecule has 0 N–H and O–H groups in total. The Morgan fingerprint density at radius 1 is 1.03 bits per heavy atom. The van der Waals surface area contributed by atoms with Crippen molar-refractivity contribution in [3.63, 3.8) is 0 Å². The molecule has 0 radical (unpaired) electrons. The average molecular weight is 401 g/mol. The van der Waals surface area contributed by atoms with Gasteiger partial charge in [-0.05, 0) is 17.7 Å². The van der Waals surface area contributed by atoms with Crippen LogP contribution < -0.4 is 0 Å².